The van der Waals surface area contributed by atoms with Crippen LogP contribution in [0.1, 0.15) is 24.1 Å². The Kier molecular flexibility index (Phi) is 5.99. The lowest BCUT2D eigenvalue weighted by Gasteiger charge is -2.37. The van der Waals surface area contributed by atoms with E-state index < -0.39 is 0 Å². The van der Waals surface area contributed by atoms with Gasteiger partial charge in [0.25, 0.3) is 5.56 Å². The molecule has 144 valence electrons. The van der Waals surface area contributed by atoms with Gasteiger partial charge in [-0.25, -0.2) is 4.68 Å². The van der Waals surface area contributed by atoms with E-state index in [4.69, 9.17) is 9.47 Å². The molecule has 1 atom stereocenters. The number of hydrogen-bond acceptors (Lipinski definition) is 6. The lowest BCUT2D eigenvalue weighted by atomic mass is 9.97. The molecule has 7 heteroatoms. The minimum Gasteiger partial charge on any atom is -0.376 e. The van der Waals surface area contributed by atoms with Crippen LogP contribution in [0.25, 0.3) is 0 Å². The first-order valence-corrected chi connectivity index (χ1v) is 10.0. The van der Waals surface area contributed by atoms with E-state index in [-0.39, 0.29) is 11.7 Å². The maximum Gasteiger partial charge on any atom is 0.267 e. The summed E-state index contributed by atoms with van der Waals surface area (Å²) in [4.78, 5) is 17.2. The van der Waals surface area contributed by atoms with Gasteiger partial charge in [0, 0.05) is 45.3 Å². The lowest BCUT2D eigenvalue weighted by molar-refractivity contribution is -0.0999. The van der Waals surface area contributed by atoms with Gasteiger partial charge in [0.2, 0.25) is 0 Å². The fraction of sp³-hybridized carbons (Fsp3) is 0.789. The van der Waals surface area contributed by atoms with Crippen LogP contribution in [0.5, 0.6) is 0 Å². The molecule has 0 saturated carbocycles. The molecule has 2 fully saturated rings. The fourth-order valence-electron chi connectivity index (χ4n) is 4.12. The maximum atomic E-state index is 12.3. The highest BCUT2D eigenvalue weighted by Crippen LogP contribution is 2.16. The Bertz CT molecular complexity index is 649. The monoisotopic (exact) mass is 362 g/mol. The Labute approximate surface area is 154 Å². The topological polar surface area (TPSA) is 59.8 Å². The van der Waals surface area contributed by atoms with Gasteiger partial charge in [0.1, 0.15) is 0 Å². The van der Waals surface area contributed by atoms with Gasteiger partial charge in [-0.2, -0.15) is 5.10 Å². The van der Waals surface area contributed by atoms with Crippen LogP contribution in [0, 0.1) is 0 Å². The predicted octanol–water partition coefficient (Wildman–Crippen LogP) is 0.155. The lowest BCUT2D eigenvalue weighted by Crippen LogP contribution is -2.50. The highest BCUT2D eigenvalue weighted by atomic mass is 16.6. The molecule has 1 unspecified atom stereocenters. The summed E-state index contributed by atoms with van der Waals surface area (Å²) in [6.07, 6.45) is 4.61. The van der Waals surface area contributed by atoms with Crippen molar-refractivity contribution in [2.24, 2.45) is 0 Å². The van der Waals surface area contributed by atoms with Crippen molar-refractivity contribution in [3.63, 3.8) is 0 Å². The number of nitrogens with zero attached hydrogens (tertiary/aromatic N) is 4. The Morgan fingerprint density at radius 3 is 2.65 bits per heavy atom. The molecule has 0 bridgehead atoms. The van der Waals surface area contributed by atoms with Crippen LogP contribution in [0.2, 0.25) is 0 Å². The van der Waals surface area contributed by atoms with Gasteiger partial charge in [-0.3, -0.25) is 14.6 Å². The Morgan fingerprint density at radius 2 is 1.85 bits per heavy atom. The molecule has 1 aliphatic carbocycles. The molecule has 0 aromatic carbocycles. The van der Waals surface area contributed by atoms with E-state index in [9.17, 15) is 4.79 Å². The van der Waals surface area contributed by atoms with Gasteiger partial charge >= 0.3 is 0 Å². The van der Waals surface area contributed by atoms with Gasteiger partial charge in [0.15, 0.2) is 0 Å². The normalized spacial score (nSPS) is 25.2. The molecular formula is C19H30N4O3. The molecule has 26 heavy (non-hydrogen) atoms. The summed E-state index contributed by atoms with van der Waals surface area (Å²) >= 11 is 0. The highest BCUT2D eigenvalue weighted by molar-refractivity contribution is 5.20. The smallest absolute Gasteiger partial charge is 0.267 e. The largest absolute Gasteiger partial charge is 0.376 e. The summed E-state index contributed by atoms with van der Waals surface area (Å²) in [7, 11) is 0. The molecule has 7 nitrogen and oxygen atoms in total. The van der Waals surface area contributed by atoms with E-state index in [1.165, 1.54) is 18.4 Å². The van der Waals surface area contributed by atoms with Crippen LogP contribution >= 0.6 is 0 Å². The first-order valence-electron chi connectivity index (χ1n) is 10.0. The van der Waals surface area contributed by atoms with Crippen molar-refractivity contribution < 1.29 is 9.47 Å². The number of ether oxygens (including phenoxy) is 2. The van der Waals surface area contributed by atoms with Crippen LogP contribution in [-0.4, -0.2) is 84.8 Å². The van der Waals surface area contributed by atoms with Gasteiger partial charge in [-0.15, -0.1) is 0 Å². The van der Waals surface area contributed by atoms with Crippen molar-refractivity contribution in [2.45, 2.75) is 38.3 Å². The molecule has 0 spiro atoms. The molecule has 3 heterocycles. The summed E-state index contributed by atoms with van der Waals surface area (Å²) in [5, 5.41) is 4.63. The van der Waals surface area contributed by atoms with Crippen LogP contribution < -0.4 is 5.56 Å². The minimum absolute atomic E-state index is 0.0544. The summed E-state index contributed by atoms with van der Waals surface area (Å²) < 4.78 is 12.9. The molecule has 1 aromatic rings. The number of aromatic nitrogens is 2. The second-order valence-corrected chi connectivity index (χ2v) is 7.59. The summed E-state index contributed by atoms with van der Waals surface area (Å²) in [5.41, 5.74) is 2.36. The van der Waals surface area contributed by atoms with Crippen LogP contribution in [0.15, 0.2) is 10.9 Å². The summed E-state index contributed by atoms with van der Waals surface area (Å²) in [5.74, 6) is 0. The number of rotatable bonds is 5. The van der Waals surface area contributed by atoms with Crippen molar-refractivity contribution >= 4 is 0 Å². The van der Waals surface area contributed by atoms with E-state index >= 15 is 0 Å². The standard InChI is InChI=1S/C19H30N4O3/c24-19-13-16-3-1-2-4-18(16)20-23(19)10-9-21-5-7-22(8-6-21)14-17-15-25-11-12-26-17/h13,17H,1-12,14-15H2. The minimum atomic E-state index is 0.0544. The first-order chi connectivity index (χ1) is 12.8. The summed E-state index contributed by atoms with van der Waals surface area (Å²) in [6, 6.07) is 1.81. The average Bonchev–Trinajstić information content (AvgIpc) is 2.68. The van der Waals surface area contributed by atoms with Crippen molar-refractivity contribution in [3.8, 4) is 0 Å². The van der Waals surface area contributed by atoms with E-state index in [0.717, 1.165) is 64.4 Å². The van der Waals surface area contributed by atoms with Crippen molar-refractivity contribution in [3.05, 3.63) is 27.7 Å². The quantitative estimate of drug-likeness (QED) is 0.744. The highest BCUT2D eigenvalue weighted by Gasteiger charge is 2.22. The zero-order valence-corrected chi connectivity index (χ0v) is 15.6. The van der Waals surface area contributed by atoms with E-state index in [2.05, 4.69) is 14.9 Å². The molecule has 4 rings (SSSR count). The number of hydrogen-bond donors (Lipinski definition) is 0. The zero-order valence-electron chi connectivity index (χ0n) is 15.6. The van der Waals surface area contributed by atoms with Gasteiger partial charge in [-0.05, 0) is 31.2 Å². The van der Waals surface area contributed by atoms with Gasteiger partial charge in [0.05, 0.1) is 38.2 Å². The van der Waals surface area contributed by atoms with E-state index in [1.54, 1.807) is 4.68 Å². The molecular weight excluding hydrogens is 332 g/mol. The zero-order chi connectivity index (χ0) is 17.8. The van der Waals surface area contributed by atoms with Crippen LogP contribution in [-0.2, 0) is 28.9 Å². The first kappa shape index (κ1) is 18.1. The van der Waals surface area contributed by atoms with Crippen molar-refractivity contribution in [2.75, 3.05) is 59.1 Å². The average molecular weight is 362 g/mol. The fourth-order valence-corrected chi connectivity index (χ4v) is 4.12. The van der Waals surface area contributed by atoms with Gasteiger partial charge in [-0.1, -0.05) is 0 Å². The number of fused-ring (bicyclic) bond motifs is 1. The maximum absolute atomic E-state index is 12.3. The third-order valence-electron chi connectivity index (χ3n) is 5.71. The third kappa shape index (κ3) is 4.52. The van der Waals surface area contributed by atoms with E-state index in [1.807, 2.05) is 6.07 Å². The molecule has 3 aliphatic rings. The Balaban J connectivity index is 1.24. The van der Waals surface area contributed by atoms with Crippen LogP contribution in [0.4, 0.5) is 0 Å². The molecule has 2 saturated heterocycles. The number of aryl methyl sites for hydroxylation is 2. The second kappa shape index (κ2) is 8.61. The van der Waals surface area contributed by atoms with Crippen molar-refractivity contribution in [1.29, 1.82) is 0 Å². The second-order valence-electron chi connectivity index (χ2n) is 7.59. The molecule has 1 aromatic heterocycles. The Morgan fingerprint density at radius 1 is 1.04 bits per heavy atom. The van der Waals surface area contributed by atoms with Crippen molar-refractivity contribution in [1.82, 2.24) is 19.6 Å². The van der Waals surface area contributed by atoms with Gasteiger partial charge < -0.3 is 9.47 Å². The number of piperazine rings is 1. The molecule has 2 aliphatic heterocycles. The van der Waals surface area contributed by atoms with Crippen LogP contribution in [0.3, 0.4) is 0 Å². The van der Waals surface area contributed by atoms with E-state index in [0.29, 0.717) is 19.8 Å². The Hall–Kier alpha value is -1.28. The molecule has 0 N–H and O–H groups in total. The molecule has 0 amide bonds. The SMILES string of the molecule is O=c1cc2c(nn1CCN1CCN(CC3COCCO3)CC1)CCCC2. The third-order valence-corrected chi connectivity index (χ3v) is 5.71. The summed E-state index contributed by atoms with van der Waals surface area (Å²) in [6.45, 7) is 8.86. The molecule has 0 radical (unpaired) electrons. The predicted molar refractivity (Wildman–Crippen MR) is 98.6 cm³/mol.